The van der Waals surface area contributed by atoms with E-state index in [1.54, 1.807) is 25.1 Å². The highest BCUT2D eigenvalue weighted by Crippen LogP contribution is 2.23. The van der Waals surface area contributed by atoms with E-state index in [0.717, 1.165) is 44.1 Å². The third-order valence-electron chi connectivity index (χ3n) is 4.08. The summed E-state index contributed by atoms with van der Waals surface area (Å²) in [6.07, 6.45) is -0.638. The predicted octanol–water partition coefficient (Wildman–Crippen LogP) is 3.34. The molecule has 0 spiro atoms. The molecular formula is C18H22ClN3O3S. The largest absolute Gasteiger partial charge is 0.481 e. The van der Waals surface area contributed by atoms with E-state index >= 15 is 0 Å². The van der Waals surface area contributed by atoms with Gasteiger partial charge in [0.05, 0.1) is 18.9 Å². The smallest absolute Gasteiger partial charge is 0.266 e. The van der Waals surface area contributed by atoms with Crippen molar-refractivity contribution >= 4 is 34.0 Å². The maximum Gasteiger partial charge on any atom is 0.266 e. The SMILES string of the molecule is Cc1cc(Cl)ccc1O[C@H](C)C(=O)Nc1nc(CN2CCOCC2)cs1. The van der Waals surface area contributed by atoms with Gasteiger partial charge in [0.25, 0.3) is 5.91 Å². The van der Waals surface area contributed by atoms with Crippen molar-refractivity contribution in [1.82, 2.24) is 9.88 Å². The third kappa shape index (κ3) is 5.17. The summed E-state index contributed by atoms with van der Waals surface area (Å²) in [7, 11) is 0. The van der Waals surface area contributed by atoms with Crippen molar-refractivity contribution in [1.29, 1.82) is 0 Å². The zero-order chi connectivity index (χ0) is 18.5. The number of aromatic nitrogens is 1. The van der Waals surface area contributed by atoms with Gasteiger partial charge in [-0.3, -0.25) is 15.0 Å². The maximum absolute atomic E-state index is 12.4. The van der Waals surface area contributed by atoms with Crippen LogP contribution in [0.5, 0.6) is 5.75 Å². The van der Waals surface area contributed by atoms with Crippen LogP contribution in [0.3, 0.4) is 0 Å². The Morgan fingerprint density at radius 2 is 2.23 bits per heavy atom. The summed E-state index contributed by atoms with van der Waals surface area (Å²) in [4.78, 5) is 19.2. The number of thiazole rings is 1. The lowest BCUT2D eigenvalue weighted by atomic mass is 10.2. The molecule has 1 atom stereocenters. The monoisotopic (exact) mass is 395 g/mol. The van der Waals surface area contributed by atoms with Gasteiger partial charge < -0.3 is 9.47 Å². The van der Waals surface area contributed by atoms with Gasteiger partial charge in [0, 0.05) is 30.0 Å². The number of benzene rings is 1. The van der Waals surface area contributed by atoms with Crippen LogP contribution in [0.1, 0.15) is 18.2 Å². The quantitative estimate of drug-likeness (QED) is 0.812. The van der Waals surface area contributed by atoms with Crippen LogP contribution in [0.2, 0.25) is 5.02 Å². The number of anilines is 1. The Morgan fingerprint density at radius 1 is 1.46 bits per heavy atom. The van der Waals surface area contributed by atoms with Gasteiger partial charge in [0.15, 0.2) is 11.2 Å². The van der Waals surface area contributed by atoms with E-state index in [1.807, 2.05) is 12.3 Å². The van der Waals surface area contributed by atoms with Crippen molar-refractivity contribution in [2.24, 2.45) is 0 Å². The zero-order valence-electron chi connectivity index (χ0n) is 14.8. The molecule has 1 aromatic carbocycles. The summed E-state index contributed by atoms with van der Waals surface area (Å²) in [6.45, 7) is 7.70. The van der Waals surface area contributed by atoms with Gasteiger partial charge in [-0.1, -0.05) is 11.6 Å². The topological polar surface area (TPSA) is 63.7 Å². The van der Waals surface area contributed by atoms with E-state index in [9.17, 15) is 4.79 Å². The predicted molar refractivity (Wildman–Crippen MR) is 103 cm³/mol. The zero-order valence-corrected chi connectivity index (χ0v) is 16.4. The summed E-state index contributed by atoms with van der Waals surface area (Å²) in [5.41, 5.74) is 1.84. The van der Waals surface area contributed by atoms with Crippen molar-refractivity contribution in [3.63, 3.8) is 0 Å². The number of hydrogen-bond acceptors (Lipinski definition) is 6. The fourth-order valence-electron chi connectivity index (χ4n) is 2.62. The molecule has 2 aromatic rings. The Labute approximate surface area is 162 Å². The van der Waals surface area contributed by atoms with E-state index in [-0.39, 0.29) is 5.91 Å². The number of aryl methyl sites for hydroxylation is 1. The Kier molecular flexibility index (Phi) is 6.48. The van der Waals surface area contributed by atoms with E-state index in [1.165, 1.54) is 11.3 Å². The molecular weight excluding hydrogens is 374 g/mol. The highest BCUT2D eigenvalue weighted by atomic mass is 35.5. The van der Waals surface area contributed by atoms with E-state index in [0.29, 0.717) is 15.9 Å². The number of ether oxygens (including phenoxy) is 2. The number of carbonyl (C=O) groups excluding carboxylic acids is 1. The molecule has 1 saturated heterocycles. The first-order valence-electron chi connectivity index (χ1n) is 8.49. The summed E-state index contributed by atoms with van der Waals surface area (Å²) in [5.74, 6) is 0.413. The van der Waals surface area contributed by atoms with E-state index < -0.39 is 6.10 Å². The molecule has 1 amide bonds. The van der Waals surface area contributed by atoms with Crippen LogP contribution >= 0.6 is 22.9 Å². The number of rotatable bonds is 6. The highest BCUT2D eigenvalue weighted by molar-refractivity contribution is 7.13. The second-order valence-electron chi connectivity index (χ2n) is 6.19. The highest BCUT2D eigenvalue weighted by Gasteiger charge is 2.18. The van der Waals surface area contributed by atoms with Gasteiger partial charge in [0.1, 0.15) is 5.75 Å². The standard InChI is InChI=1S/C18H22ClN3O3S/c1-12-9-14(19)3-4-16(12)25-13(2)17(23)21-18-20-15(11-26-18)10-22-5-7-24-8-6-22/h3-4,9,11,13H,5-8,10H2,1-2H3,(H,20,21,23)/t13-/m1/s1. The lowest BCUT2D eigenvalue weighted by molar-refractivity contribution is -0.122. The molecule has 1 aliphatic rings. The first kappa shape index (κ1) is 19.1. The number of morpholine rings is 1. The van der Waals surface area contributed by atoms with Crippen molar-refractivity contribution in [2.75, 3.05) is 31.6 Å². The molecule has 1 aromatic heterocycles. The molecule has 3 rings (SSSR count). The van der Waals surface area contributed by atoms with Gasteiger partial charge in [-0.05, 0) is 37.6 Å². The molecule has 0 unspecified atom stereocenters. The number of carbonyl (C=O) groups is 1. The van der Waals surface area contributed by atoms with Gasteiger partial charge in [-0.25, -0.2) is 4.98 Å². The molecule has 8 heteroatoms. The van der Waals surface area contributed by atoms with Crippen LogP contribution in [0.4, 0.5) is 5.13 Å². The molecule has 140 valence electrons. The van der Waals surface area contributed by atoms with Crippen molar-refractivity contribution in [3.05, 3.63) is 39.9 Å². The lowest BCUT2D eigenvalue weighted by Crippen LogP contribution is -2.35. The van der Waals surface area contributed by atoms with Crippen LogP contribution in [0.25, 0.3) is 0 Å². The van der Waals surface area contributed by atoms with Crippen molar-refractivity contribution in [2.45, 2.75) is 26.5 Å². The second-order valence-corrected chi connectivity index (χ2v) is 7.49. The average molecular weight is 396 g/mol. The summed E-state index contributed by atoms with van der Waals surface area (Å²) in [6, 6.07) is 5.32. The number of hydrogen-bond donors (Lipinski definition) is 1. The molecule has 1 fully saturated rings. The number of nitrogens with one attached hydrogen (secondary N) is 1. The molecule has 0 radical (unpaired) electrons. The van der Waals surface area contributed by atoms with Gasteiger partial charge in [0.2, 0.25) is 0 Å². The maximum atomic E-state index is 12.4. The first-order valence-corrected chi connectivity index (χ1v) is 9.75. The molecule has 1 N–H and O–H groups in total. The Hall–Kier alpha value is -1.67. The normalized spacial score (nSPS) is 16.3. The Morgan fingerprint density at radius 3 is 2.96 bits per heavy atom. The first-order chi connectivity index (χ1) is 12.5. The minimum atomic E-state index is -0.638. The van der Waals surface area contributed by atoms with Crippen LogP contribution < -0.4 is 10.1 Å². The van der Waals surface area contributed by atoms with Crippen LogP contribution in [0.15, 0.2) is 23.6 Å². The minimum absolute atomic E-state index is 0.230. The third-order valence-corrected chi connectivity index (χ3v) is 5.12. The summed E-state index contributed by atoms with van der Waals surface area (Å²) >= 11 is 7.36. The molecule has 1 aliphatic heterocycles. The number of amides is 1. The van der Waals surface area contributed by atoms with Crippen LogP contribution in [-0.4, -0.2) is 48.2 Å². The van der Waals surface area contributed by atoms with Gasteiger partial charge in [-0.15, -0.1) is 11.3 Å². The Balaban J connectivity index is 1.53. The Bertz CT molecular complexity index is 762. The van der Waals surface area contributed by atoms with Gasteiger partial charge >= 0.3 is 0 Å². The summed E-state index contributed by atoms with van der Waals surface area (Å²) < 4.78 is 11.1. The second kappa shape index (κ2) is 8.81. The molecule has 2 heterocycles. The fraction of sp³-hybridized carbons (Fsp3) is 0.444. The molecule has 0 aliphatic carbocycles. The molecule has 0 bridgehead atoms. The number of halogens is 1. The van der Waals surface area contributed by atoms with E-state index in [2.05, 4.69) is 15.2 Å². The molecule has 0 saturated carbocycles. The van der Waals surface area contributed by atoms with Crippen molar-refractivity contribution in [3.8, 4) is 5.75 Å². The lowest BCUT2D eigenvalue weighted by Gasteiger charge is -2.25. The van der Waals surface area contributed by atoms with E-state index in [4.69, 9.17) is 21.1 Å². The molecule has 26 heavy (non-hydrogen) atoms. The summed E-state index contributed by atoms with van der Waals surface area (Å²) in [5, 5.41) is 6.02. The number of nitrogens with zero attached hydrogens (tertiary/aromatic N) is 2. The molecule has 6 nitrogen and oxygen atoms in total. The van der Waals surface area contributed by atoms with Gasteiger partial charge in [-0.2, -0.15) is 0 Å². The van der Waals surface area contributed by atoms with Crippen LogP contribution in [-0.2, 0) is 16.1 Å². The minimum Gasteiger partial charge on any atom is -0.481 e. The van der Waals surface area contributed by atoms with Crippen LogP contribution in [0, 0.1) is 6.92 Å². The van der Waals surface area contributed by atoms with Crippen molar-refractivity contribution < 1.29 is 14.3 Å². The fourth-order valence-corrected chi connectivity index (χ4v) is 3.55. The average Bonchev–Trinajstić information content (AvgIpc) is 3.05.